The fraction of sp³-hybridized carbons (Fsp3) is 0.611. The number of methoxy groups -OCH3 is 1. The second-order valence-electron chi connectivity index (χ2n) is 7.67. The van der Waals surface area contributed by atoms with Gasteiger partial charge in [-0.2, -0.15) is 0 Å². The fourth-order valence-electron chi connectivity index (χ4n) is 2.85. The molecule has 0 bridgehead atoms. The Balaban J connectivity index is 1.82. The van der Waals surface area contributed by atoms with Crippen molar-refractivity contribution in [2.24, 2.45) is 5.92 Å². The summed E-state index contributed by atoms with van der Waals surface area (Å²) in [5.41, 5.74) is 0.750. The van der Waals surface area contributed by atoms with Crippen LogP contribution in [0.5, 0.6) is 5.75 Å². The van der Waals surface area contributed by atoms with Gasteiger partial charge in [-0.3, -0.25) is 4.79 Å². The Bertz CT molecular complexity index is 624. The summed E-state index contributed by atoms with van der Waals surface area (Å²) in [4.78, 5) is 12.3. The lowest BCUT2D eigenvalue weighted by Crippen LogP contribution is -2.41. The highest BCUT2D eigenvalue weighted by molar-refractivity contribution is 6.62. The molecule has 130 valence electrons. The second-order valence-corrected chi connectivity index (χ2v) is 7.67. The smallest absolute Gasteiger partial charge is 0.494 e. The third-order valence-electron chi connectivity index (χ3n) is 5.48. The molecule has 1 saturated carbocycles. The van der Waals surface area contributed by atoms with E-state index in [-0.39, 0.29) is 11.8 Å². The molecule has 1 heterocycles. The lowest BCUT2D eigenvalue weighted by atomic mass is 9.78. The van der Waals surface area contributed by atoms with E-state index in [1.54, 1.807) is 7.11 Å². The summed E-state index contributed by atoms with van der Waals surface area (Å²) >= 11 is 0. The molecule has 1 aromatic carbocycles. The van der Waals surface area contributed by atoms with Crippen molar-refractivity contribution in [3.05, 3.63) is 18.2 Å². The minimum Gasteiger partial charge on any atom is -0.495 e. The molecule has 1 amide bonds. The van der Waals surface area contributed by atoms with Crippen molar-refractivity contribution in [3.63, 3.8) is 0 Å². The van der Waals surface area contributed by atoms with Crippen LogP contribution in [0.2, 0.25) is 0 Å². The molecule has 1 saturated heterocycles. The van der Waals surface area contributed by atoms with Gasteiger partial charge in [0.2, 0.25) is 5.91 Å². The van der Waals surface area contributed by atoms with Crippen LogP contribution in [0.1, 0.15) is 47.0 Å². The molecule has 1 aromatic rings. The van der Waals surface area contributed by atoms with E-state index in [1.807, 2.05) is 45.9 Å². The Labute approximate surface area is 144 Å². The number of nitrogens with one attached hydrogen (secondary N) is 1. The van der Waals surface area contributed by atoms with Crippen LogP contribution < -0.4 is 15.5 Å². The van der Waals surface area contributed by atoms with E-state index in [0.29, 0.717) is 11.4 Å². The Hall–Kier alpha value is -1.53. The maximum absolute atomic E-state index is 12.3. The molecule has 24 heavy (non-hydrogen) atoms. The van der Waals surface area contributed by atoms with E-state index in [9.17, 15) is 4.79 Å². The summed E-state index contributed by atoms with van der Waals surface area (Å²) in [5, 5.41) is 2.99. The Kier molecular flexibility index (Phi) is 4.38. The first-order chi connectivity index (χ1) is 11.2. The molecular weight excluding hydrogens is 305 g/mol. The Morgan fingerprint density at radius 3 is 2.33 bits per heavy atom. The second kappa shape index (κ2) is 6.08. The first-order valence-corrected chi connectivity index (χ1v) is 8.58. The first kappa shape index (κ1) is 17.3. The van der Waals surface area contributed by atoms with Crippen molar-refractivity contribution < 1.29 is 18.8 Å². The van der Waals surface area contributed by atoms with Gasteiger partial charge in [0.15, 0.2) is 0 Å². The fourth-order valence-corrected chi connectivity index (χ4v) is 2.85. The predicted molar refractivity (Wildman–Crippen MR) is 94.7 cm³/mol. The van der Waals surface area contributed by atoms with E-state index in [4.69, 9.17) is 14.0 Å². The van der Waals surface area contributed by atoms with Crippen molar-refractivity contribution in [3.8, 4) is 5.75 Å². The molecular formula is C18H26BNO4. The highest BCUT2D eigenvalue weighted by atomic mass is 16.7. The van der Waals surface area contributed by atoms with Crippen molar-refractivity contribution in [1.82, 2.24) is 0 Å². The first-order valence-electron chi connectivity index (χ1n) is 8.58. The van der Waals surface area contributed by atoms with Crippen LogP contribution in [0, 0.1) is 5.92 Å². The Morgan fingerprint density at radius 2 is 1.83 bits per heavy atom. The molecule has 1 aliphatic heterocycles. The maximum Gasteiger partial charge on any atom is 0.494 e. The van der Waals surface area contributed by atoms with Crippen molar-refractivity contribution in [2.45, 2.75) is 58.2 Å². The lowest BCUT2D eigenvalue weighted by Gasteiger charge is -2.32. The summed E-state index contributed by atoms with van der Waals surface area (Å²) < 4.78 is 17.6. The molecule has 2 fully saturated rings. The number of rotatable bonds is 4. The van der Waals surface area contributed by atoms with Crippen molar-refractivity contribution in [1.29, 1.82) is 0 Å². The number of ether oxygens (including phenoxy) is 1. The summed E-state index contributed by atoms with van der Waals surface area (Å²) in [6.07, 6.45) is 3.05. The van der Waals surface area contributed by atoms with Crippen LogP contribution >= 0.6 is 0 Å². The third-order valence-corrected chi connectivity index (χ3v) is 5.48. The predicted octanol–water partition coefficient (Wildman–Crippen LogP) is 2.73. The van der Waals surface area contributed by atoms with E-state index < -0.39 is 18.3 Å². The van der Waals surface area contributed by atoms with Gasteiger partial charge in [-0.1, -0.05) is 12.5 Å². The zero-order valence-electron chi connectivity index (χ0n) is 15.1. The molecule has 2 aliphatic rings. The average molecular weight is 331 g/mol. The van der Waals surface area contributed by atoms with Crippen LogP contribution in [-0.2, 0) is 14.1 Å². The molecule has 0 aromatic heterocycles. The van der Waals surface area contributed by atoms with Crippen molar-refractivity contribution in [2.75, 3.05) is 12.4 Å². The van der Waals surface area contributed by atoms with Gasteiger partial charge in [0.05, 0.1) is 24.0 Å². The molecule has 6 heteroatoms. The zero-order chi connectivity index (χ0) is 17.5. The number of hydrogen-bond donors (Lipinski definition) is 1. The maximum atomic E-state index is 12.3. The number of benzene rings is 1. The molecule has 3 rings (SSSR count). The quantitative estimate of drug-likeness (QED) is 0.862. The van der Waals surface area contributed by atoms with Crippen LogP contribution in [0.25, 0.3) is 0 Å². The molecule has 0 radical (unpaired) electrons. The molecule has 1 aliphatic carbocycles. The van der Waals surface area contributed by atoms with Gasteiger partial charge in [-0.25, -0.2) is 0 Å². The van der Waals surface area contributed by atoms with Crippen molar-refractivity contribution >= 4 is 24.2 Å². The highest BCUT2D eigenvalue weighted by Crippen LogP contribution is 2.37. The van der Waals surface area contributed by atoms with Gasteiger partial charge < -0.3 is 19.4 Å². The number of hydrogen-bond acceptors (Lipinski definition) is 4. The summed E-state index contributed by atoms with van der Waals surface area (Å²) in [7, 11) is 1.14. The SMILES string of the molecule is COc1ccc(B2OC(C)(C)C(C)(C)O2)cc1NC(=O)C1CCC1. The van der Waals surface area contributed by atoms with E-state index in [1.165, 1.54) is 0 Å². The lowest BCUT2D eigenvalue weighted by molar-refractivity contribution is -0.122. The topological polar surface area (TPSA) is 56.8 Å². The zero-order valence-corrected chi connectivity index (χ0v) is 15.1. The number of carbonyl (C=O) groups is 1. The van der Waals surface area contributed by atoms with Gasteiger partial charge in [0.25, 0.3) is 0 Å². The highest BCUT2D eigenvalue weighted by Gasteiger charge is 2.51. The standard InChI is InChI=1S/C18H26BNO4/c1-17(2)18(3,4)24-19(23-17)13-9-10-15(22-5)14(11-13)20-16(21)12-7-6-8-12/h9-12H,6-8H2,1-5H3,(H,20,21). The van der Waals surface area contributed by atoms with Gasteiger partial charge >= 0.3 is 7.12 Å². The monoisotopic (exact) mass is 331 g/mol. The largest absolute Gasteiger partial charge is 0.495 e. The summed E-state index contributed by atoms with van der Waals surface area (Å²) in [5.74, 6) is 0.823. The minimum atomic E-state index is -0.458. The summed E-state index contributed by atoms with van der Waals surface area (Å²) in [6, 6.07) is 5.65. The molecule has 0 unspecified atom stereocenters. The molecule has 0 spiro atoms. The van der Waals surface area contributed by atoms with Gasteiger partial charge in [-0.05, 0) is 58.1 Å². The minimum absolute atomic E-state index is 0.0608. The third kappa shape index (κ3) is 3.05. The number of anilines is 1. The number of amides is 1. The van der Waals surface area contributed by atoms with Gasteiger partial charge in [0, 0.05) is 5.92 Å². The summed E-state index contributed by atoms with van der Waals surface area (Å²) in [6.45, 7) is 8.09. The average Bonchev–Trinajstić information content (AvgIpc) is 2.65. The van der Waals surface area contributed by atoms with Crippen LogP contribution in [0.4, 0.5) is 5.69 Å². The van der Waals surface area contributed by atoms with E-state index in [0.717, 1.165) is 24.7 Å². The van der Waals surface area contributed by atoms with Crippen LogP contribution in [0.15, 0.2) is 18.2 Å². The molecule has 5 nitrogen and oxygen atoms in total. The number of carbonyl (C=O) groups excluding carboxylic acids is 1. The van der Waals surface area contributed by atoms with E-state index >= 15 is 0 Å². The Morgan fingerprint density at radius 1 is 1.21 bits per heavy atom. The normalized spacial score (nSPS) is 22.1. The molecule has 0 atom stereocenters. The van der Waals surface area contributed by atoms with Crippen LogP contribution in [-0.4, -0.2) is 31.3 Å². The molecule has 1 N–H and O–H groups in total. The van der Waals surface area contributed by atoms with Gasteiger partial charge in [-0.15, -0.1) is 0 Å². The van der Waals surface area contributed by atoms with E-state index in [2.05, 4.69) is 5.32 Å². The van der Waals surface area contributed by atoms with Crippen LogP contribution in [0.3, 0.4) is 0 Å². The van der Waals surface area contributed by atoms with Gasteiger partial charge in [0.1, 0.15) is 5.75 Å².